The molecule has 0 aliphatic heterocycles. The lowest BCUT2D eigenvalue weighted by Gasteiger charge is -1.94. The Kier molecular flexibility index (Phi) is 2.32. The van der Waals surface area contributed by atoms with Crippen LogP contribution in [0.15, 0.2) is 24.5 Å². The highest BCUT2D eigenvalue weighted by atomic mass is 32.1. The number of hydrogen-bond donors (Lipinski definition) is 0. The monoisotopic (exact) mass is 208 g/mol. The first kappa shape index (κ1) is 8.96. The molecule has 2 aromatic rings. The zero-order valence-corrected chi connectivity index (χ0v) is 7.79. The molecule has 70 valence electrons. The molecule has 0 N–H and O–H groups in total. The lowest BCUT2D eigenvalue weighted by atomic mass is 10.3. The molecule has 2 heterocycles. The number of halogens is 1. The van der Waals surface area contributed by atoms with Crippen LogP contribution >= 0.6 is 11.3 Å². The van der Waals surface area contributed by atoms with Gasteiger partial charge in [0, 0.05) is 12.4 Å². The Morgan fingerprint density at radius 1 is 1.43 bits per heavy atom. The van der Waals surface area contributed by atoms with Crippen molar-refractivity contribution in [2.45, 2.75) is 0 Å². The third kappa shape index (κ3) is 1.54. The SMILES string of the molecule is O=Cc1cnc(-c2ncccc2F)s1. The van der Waals surface area contributed by atoms with Gasteiger partial charge in [0.1, 0.15) is 10.7 Å². The Morgan fingerprint density at radius 3 is 2.93 bits per heavy atom. The van der Waals surface area contributed by atoms with Crippen molar-refractivity contribution in [1.82, 2.24) is 9.97 Å². The van der Waals surface area contributed by atoms with E-state index >= 15 is 0 Å². The van der Waals surface area contributed by atoms with Crippen molar-refractivity contribution in [3.63, 3.8) is 0 Å². The average molecular weight is 208 g/mol. The van der Waals surface area contributed by atoms with Crippen LogP contribution in [0.1, 0.15) is 9.67 Å². The molecule has 0 fully saturated rings. The first-order valence-corrected chi connectivity index (χ1v) is 4.65. The molecule has 0 aromatic carbocycles. The van der Waals surface area contributed by atoms with Crippen LogP contribution in [0.3, 0.4) is 0 Å². The fourth-order valence-electron chi connectivity index (χ4n) is 0.994. The number of rotatable bonds is 2. The summed E-state index contributed by atoms with van der Waals surface area (Å²) < 4.78 is 13.2. The number of carbonyl (C=O) groups is 1. The van der Waals surface area contributed by atoms with Gasteiger partial charge in [0.05, 0.1) is 4.88 Å². The Hall–Kier alpha value is -1.62. The smallest absolute Gasteiger partial charge is 0.161 e. The minimum atomic E-state index is -0.431. The van der Waals surface area contributed by atoms with Gasteiger partial charge in [-0.05, 0) is 12.1 Å². The van der Waals surface area contributed by atoms with Crippen molar-refractivity contribution in [3.05, 3.63) is 35.2 Å². The van der Waals surface area contributed by atoms with Crippen molar-refractivity contribution in [3.8, 4) is 10.7 Å². The average Bonchev–Trinajstić information content (AvgIpc) is 2.67. The number of aromatic nitrogens is 2. The van der Waals surface area contributed by atoms with E-state index in [2.05, 4.69) is 9.97 Å². The van der Waals surface area contributed by atoms with Gasteiger partial charge < -0.3 is 0 Å². The van der Waals surface area contributed by atoms with E-state index in [1.807, 2.05) is 0 Å². The summed E-state index contributed by atoms with van der Waals surface area (Å²) in [7, 11) is 0. The number of carbonyl (C=O) groups excluding carboxylic acids is 1. The van der Waals surface area contributed by atoms with E-state index in [0.29, 0.717) is 16.2 Å². The highest BCUT2D eigenvalue weighted by molar-refractivity contribution is 7.16. The summed E-state index contributed by atoms with van der Waals surface area (Å²) in [4.78, 5) is 18.6. The van der Waals surface area contributed by atoms with Crippen LogP contribution in [0.5, 0.6) is 0 Å². The van der Waals surface area contributed by atoms with E-state index in [1.54, 1.807) is 0 Å². The van der Waals surface area contributed by atoms with E-state index in [0.717, 1.165) is 11.3 Å². The van der Waals surface area contributed by atoms with Crippen LogP contribution in [0, 0.1) is 5.82 Å². The molecule has 2 rings (SSSR count). The quantitative estimate of drug-likeness (QED) is 0.710. The second-order valence-corrected chi connectivity index (χ2v) is 3.58. The molecule has 2 aromatic heterocycles. The lowest BCUT2D eigenvalue weighted by Crippen LogP contribution is -1.86. The van der Waals surface area contributed by atoms with Crippen molar-refractivity contribution in [2.24, 2.45) is 0 Å². The number of pyridine rings is 1. The minimum absolute atomic E-state index is 0.186. The standard InChI is InChI=1S/C9H5FN2OS/c10-7-2-1-3-11-8(7)9-12-4-6(5-13)14-9/h1-5H. The summed E-state index contributed by atoms with van der Waals surface area (Å²) in [5.74, 6) is -0.431. The molecule has 14 heavy (non-hydrogen) atoms. The van der Waals surface area contributed by atoms with E-state index in [4.69, 9.17) is 0 Å². The van der Waals surface area contributed by atoms with Gasteiger partial charge in [-0.1, -0.05) is 0 Å². The van der Waals surface area contributed by atoms with E-state index in [-0.39, 0.29) is 5.69 Å². The molecule has 0 spiro atoms. The molecule has 0 aliphatic rings. The van der Waals surface area contributed by atoms with Gasteiger partial charge in [-0.3, -0.25) is 9.78 Å². The Bertz CT molecular complexity index is 469. The number of aldehydes is 1. The highest BCUT2D eigenvalue weighted by Crippen LogP contribution is 2.24. The molecule has 0 saturated heterocycles. The lowest BCUT2D eigenvalue weighted by molar-refractivity contribution is 0.112. The minimum Gasteiger partial charge on any atom is -0.297 e. The zero-order valence-electron chi connectivity index (χ0n) is 6.98. The molecule has 0 bridgehead atoms. The van der Waals surface area contributed by atoms with Crippen LogP contribution in [0.25, 0.3) is 10.7 Å². The van der Waals surface area contributed by atoms with E-state index in [1.165, 1.54) is 24.5 Å². The normalized spacial score (nSPS) is 10.1. The second kappa shape index (κ2) is 3.63. The maximum atomic E-state index is 13.2. The summed E-state index contributed by atoms with van der Waals surface area (Å²) >= 11 is 1.12. The van der Waals surface area contributed by atoms with Crippen molar-refractivity contribution >= 4 is 17.6 Å². The predicted molar refractivity (Wildman–Crippen MR) is 50.7 cm³/mol. The summed E-state index contributed by atoms with van der Waals surface area (Å²) in [6, 6.07) is 2.82. The van der Waals surface area contributed by atoms with Gasteiger partial charge in [0.15, 0.2) is 12.1 Å². The topological polar surface area (TPSA) is 42.9 Å². The third-order valence-electron chi connectivity index (χ3n) is 1.60. The largest absolute Gasteiger partial charge is 0.297 e. The third-order valence-corrected chi connectivity index (χ3v) is 2.53. The van der Waals surface area contributed by atoms with Gasteiger partial charge in [-0.15, -0.1) is 11.3 Å². The Balaban J connectivity index is 2.49. The van der Waals surface area contributed by atoms with Gasteiger partial charge in [-0.25, -0.2) is 9.37 Å². The number of thiazole rings is 1. The van der Waals surface area contributed by atoms with Crippen molar-refractivity contribution in [2.75, 3.05) is 0 Å². The summed E-state index contributed by atoms with van der Waals surface area (Å²) in [5.41, 5.74) is 0.186. The Labute approximate surface area is 83.3 Å². The maximum absolute atomic E-state index is 13.2. The van der Waals surface area contributed by atoms with Crippen molar-refractivity contribution < 1.29 is 9.18 Å². The second-order valence-electron chi connectivity index (χ2n) is 2.52. The fraction of sp³-hybridized carbons (Fsp3) is 0. The predicted octanol–water partition coefficient (Wildman–Crippen LogP) is 2.16. The molecule has 0 radical (unpaired) electrons. The van der Waals surface area contributed by atoms with Crippen LogP contribution in [-0.4, -0.2) is 16.3 Å². The van der Waals surface area contributed by atoms with Crippen LogP contribution in [0.2, 0.25) is 0 Å². The molecule has 3 nitrogen and oxygen atoms in total. The highest BCUT2D eigenvalue weighted by Gasteiger charge is 2.09. The van der Waals surface area contributed by atoms with Gasteiger partial charge in [-0.2, -0.15) is 0 Å². The van der Waals surface area contributed by atoms with Crippen molar-refractivity contribution in [1.29, 1.82) is 0 Å². The maximum Gasteiger partial charge on any atom is 0.161 e. The van der Waals surface area contributed by atoms with Crippen LogP contribution < -0.4 is 0 Å². The molecule has 0 unspecified atom stereocenters. The first-order valence-electron chi connectivity index (χ1n) is 3.83. The molecule has 5 heteroatoms. The van der Waals surface area contributed by atoms with Crippen LogP contribution in [-0.2, 0) is 0 Å². The zero-order chi connectivity index (χ0) is 9.97. The first-order chi connectivity index (χ1) is 6.81. The summed E-state index contributed by atoms with van der Waals surface area (Å²) in [5, 5.41) is 0.421. The molecule has 0 atom stereocenters. The van der Waals surface area contributed by atoms with Gasteiger partial charge >= 0.3 is 0 Å². The number of nitrogens with zero attached hydrogens (tertiary/aromatic N) is 2. The molecule has 0 amide bonds. The Morgan fingerprint density at radius 2 is 2.29 bits per heavy atom. The molecular weight excluding hydrogens is 203 g/mol. The summed E-state index contributed by atoms with van der Waals surface area (Å²) in [6.45, 7) is 0. The van der Waals surface area contributed by atoms with Crippen LogP contribution in [0.4, 0.5) is 4.39 Å². The fourth-order valence-corrected chi connectivity index (χ4v) is 1.72. The van der Waals surface area contributed by atoms with Gasteiger partial charge in [0.2, 0.25) is 0 Å². The van der Waals surface area contributed by atoms with E-state index in [9.17, 15) is 9.18 Å². The number of hydrogen-bond acceptors (Lipinski definition) is 4. The van der Waals surface area contributed by atoms with E-state index < -0.39 is 5.82 Å². The molecule has 0 saturated carbocycles. The molecular formula is C9H5FN2OS. The van der Waals surface area contributed by atoms with Gasteiger partial charge in [0.25, 0.3) is 0 Å². The summed E-state index contributed by atoms with van der Waals surface area (Å²) in [6.07, 6.45) is 3.57. The molecule has 0 aliphatic carbocycles.